The van der Waals surface area contributed by atoms with Crippen molar-refractivity contribution < 1.29 is 0 Å². The van der Waals surface area contributed by atoms with Gasteiger partial charge in [-0.05, 0) is 43.2 Å². The van der Waals surface area contributed by atoms with Crippen molar-refractivity contribution in [2.75, 3.05) is 5.32 Å². The molecule has 0 saturated heterocycles. The Morgan fingerprint density at radius 3 is 2.93 bits per heavy atom. The van der Waals surface area contributed by atoms with Gasteiger partial charge in [-0.3, -0.25) is 0 Å². The van der Waals surface area contributed by atoms with Crippen molar-refractivity contribution in [2.45, 2.75) is 31.7 Å². The zero-order valence-corrected chi connectivity index (χ0v) is 9.37. The third-order valence-electron chi connectivity index (χ3n) is 3.82. The first-order chi connectivity index (χ1) is 7.33. The van der Waals surface area contributed by atoms with Crippen molar-refractivity contribution in [3.05, 3.63) is 23.4 Å². The highest BCUT2D eigenvalue weighted by Crippen LogP contribution is 2.45. The highest BCUT2D eigenvalue weighted by molar-refractivity contribution is 6.32. The number of pyridine rings is 1. The fraction of sp³-hybridized carbons (Fsp3) is 0.583. The second-order valence-corrected chi connectivity index (χ2v) is 5.17. The lowest BCUT2D eigenvalue weighted by Gasteiger charge is -2.23. The van der Waals surface area contributed by atoms with Crippen LogP contribution in [0.4, 0.5) is 5.82 Å². The molecule has 1 aromatic rings. The van der Waals surface area contributed by atoms with Crippen LogP contribution in [0.25, 0.3) is 0 Å². The molecule has 0 amide bonds. The fourth-order valence-electron chi connectivity index (χ4n) is 3.09. The molecule has 3 heteroatoms. The smallest absolute Gasteiger partial charge is 0.144 e. The first kappa shape index (κ1) is 9.46. The Bertz CT molecular complexity index is 366. The molecule has 3 unspecified atom stereocenters. The molecule has 3 rings (SSSR count). The number of anilines is 1. The SMILES string of the molecule is Clc1cccnc1NC1CC2CCC1C2. The Balaban J connectivity index is 1.73. The molecule has 2 nitrogen and oxygen atoms in total. The average Bonchev–Trinajstić information content (AvgIpc) is 2.83. The van der Waals surface area contributed by atoms with E-state index in [0.29, 0.717) is 6.04 Å². The van der Waals surface area contributed by atoms with Crippen LogP contribution in [0.5, 0.6) is 0 Å². The number of hydrogen-bond donors (Lipinski definition) is 1. The van der Waals surface area contributed by atoms with E-state index < -0.39 is 0 Å². The zero-order valence-electron chi connectivity index (χ0n) is 8.62. The molecule has 2 saturated carbocycles. The van der Waals surface area contributed by atoms with Crippen molar-refractivity contribution in [3.8, 4) is 0 Å². The maximum atomic E-state index is 6.08. The van der Waals surface area contributed by atoms with Crippen molar-refractivity contribution in [3.63, 3.8) is 0 Å². The lowest BCUT2D eigenvalue weighted by molar-refractivity contribution is 0.439. The van der Waals surface area contributed by atoms with Crippen LogP contribution >= 0.6 is 11.6 Å². The summed E-state index contributed by atoms with van der Waals surface area (Å²) < 4.78 is 0. The molecule has 15 heavy (non-hydrogen) atoms. The predicted octanol–water partition coefficient (Wildman–Crippen LogP) is 3.34. The minimum absolute atomic E-state index is 0.608. The predicted molar refractivity (Wildman–Crippen MR) is 62.1 cm³/mol. The van der Waals surface area contributed by atoms with E-state index in [1.54, 1.807) is 6.20 Å². The van der Waals surface area contributed by atoms with Crippen LogP contribution in [-0.4, -0.2) is 11.0 Å². The number of nitrogens with zero attached hydrogens (tertiary/aromatic N) is 1. The molecule has 3 atom stereocenters. The quantitative estimate of drug-likeness (QED) is 0.830. The summed E-state index contributed by atoms with van der Waals surface area (Å²) in [5.41, 5.74) is 0. The van der Waals surface area contributed by atoms with Gasteiger partial charge in [-0.1, -0.05) is 18.0 Å². The van der Waals surface area contributed by atoms with Gasteiger partial charge in [0.1, 0.15) is 5.82 Å². The van der Waals surface area contributed by atoms with E-state index in [9.17, 15) is 0 Å². The summed E-state index contributed by atoms with van der Waals surface area (Å²) in [7, 11) is 0. The lowest BCUT2D eigenvalue weighted by atomic mass is 9.95. The van der Waals surface area contributed by atoms with Crippen LogP contribution in [0.2, 0.25) is 5.02 Å². The number of nitrogens with one attached hydrogen (secondary N) is 1. The van der Waals surface area contributed by atoms with Gasteiger partial charge in [0.15, 0.2) is 0 Å². The van der Waals surface area contributed by atoms with Crippen LogP contribution in [-0.2, 0) is 0 Å². The van der Waals surface area contributed by atoms with Gasteiger partial charge in [0.2, 0.25) is 0 Å². The topological polar surface area (TPSA) is 24.9 Å². The largest absolute Gasteiger partial charge is 0.366 e. The summed E-state index contributed by atoms with van der Waals surface area (Å²) in [6.07, 6.45) is 7.31. The molecule has 0 spiro atoms. The summed E-state index contributed by atoms with van der Waals surface area (Å²) in [5, 5.41) is 4.23. The van der Waals surface area contributed by atoms with E-state index in [1.165, 1.54) is 25.7 Å². The Kier molecular flexibility index (Phi) is 2.32. The van der Waals surface area contributed by atoms with Gasteiger partial charge >= 0.3 is 0 Å². The van der Waals surface area contributed by atoms with E-state index >= 15 is 0 Å². The molecule has 2 fully saturated rings. The van der Waals surface area contributed by atoms with E-state index in [4.69, 9.17) is 11.6 Å². The third-order valence-corrected chi connectivity index (χ3v) is 4.12. The number of hydrogen-bond acceptors (Lipinski definition) is 2. The van der Waals surface area contributed by atoms with Gasteiger partial charge in [0, 0.05) is 12.2 Å². The average molecular weight is 223 g/mol. The summed E-state index contributed by atoms with van der Waals surface area (Å²) in [6, 6.07) is 4.37. The van der Waals surface area contributed by atoms with Gasteiger partial charge < -0.3 is 5.32 Å². The highest BCUT2D eigenvalue weighted by Gasteiger charge is 2.39. The number of halogens is 1. The molecule has 2 bridgehead atoms. The molecule has 1 heterocycles. The maximum Gasteiger partial charge on any atom is 0.144 e. The van der Waals surface area contributed by atoms with E-state index in [-0.39, 0.29) is 0 Å². The van der Waals surface area contributed by atoms with Crippen molar-refractivity contribution in [2.24, 2.45) is 11.8 Å². The minimum atomic E-state index is 0.608. The van der Waals surface area contributed by atoms with Crippen LogP contribution in [0.15, 0.2) is 18.3 Å². The van der Waals surface area contributed by atoms with Gasteiger partial charge in [0.25, 0.3) is 0 Å². The second-order valence-electron chi connectivity index (χ2n) is 4.76. The van der Waals surface area contributed by atoms with Gasteiger partial charge in [-0.2, -0.15) is 0 Å². The molecule has 2 aliphatic rings. The van der Waals surface area contributed by atoms with Gasteiger partial charge in [-0.25, -0.2) is 4.98 Å². The Labute approximate surface area is 95.0 Å². The number of rotatable bonds is 2. The van der Waals surface area contributed by atoms with Crippen LogP contribution in [0.3, 0.4) is 0 Å². The normalized spacial score (nSPS) is 33.3. The van der Waals surface area contributed by atoms with Crippen molar-refractivity contribution >= 4 is 17.4 Å². The van der Waals surface area contributed by atoms with E-state index in [0.717, 1.165) is 22.7 Å². The molecule has 0 aromatic carbocycles. The highest BCUT2D eigenvalue weighted by atomic mass is 35.5. The Morgan fingerprint density at radius 2 is 2.27 bits per heavy atom. The maximum absolute atomic E-state index is 6.08. The lowest BCUT2D eigenvalue weighted by Crippen LogP contribution is -2.26. The standard InChI is InChI=1S/C12H15ClN2/c13-10-2-1-5-14-12(10)15-11-7-8-3-4-9(11)6-8/h1-2,5,8-9,11H,3-4,6-7H2,(H,14,15). The van der Waals surface area contributed by atoms with Gasteiger partial charge in [0.05, 0.1) is 5.02 Å². The molecule has 1 aromatic heterocycles. The minimum Gasteiger partial charge on any atom is -0.366 e. The summed E-state index contributed by atoms with van der Waals surface area (Å²) in [5.74, 6) is 2.67. The molecular formula is C12H15ClN2. The van der Waals surface area contributed by atoms with Crippen LogP contribution in [0.1, 0.15) is 25.7 Å². The van der Waals surface area contributed by atoms with E-state index in [2.05, 4.69) is 10.3 Å². The van der Waals surface area contributed by atoms with Crippen LogP contribution < -0.4 is 5.32 Å². The van der Waals surface area contributed by atoms with E-state index in [1.807, 2.05) is 12.1 Å². The first-order valence-corrected chi connectivity index (χ1v) is 6.08. The Hall–Kier alpha value is -0.760. The molecule has 80 valence electrons. The molecular weight excluding hydrogens is 208 g/mol. The molecule has 2 aliphatic carbocycles. The zero-order chi connectivity index (χ0) is 10.3. The van der Waals surface area contributed by atoms with Crippen LogP contribution in [0, 0.1) is 11.8 Å². The first-order valence-electron chi connectivity index (χ1n) is 5.70. The molecule has 1 N–H and O–H groups in total. The number of aromatic nitrogens is 1. The summed E-state index contributed by atoms with van der Waals surface area (Å²) in [4.78, 5) is 4.28. The molecule has 0 aliphatic heterocycles. The van der Waals surface area contributed by atoms with Gasteiger partial charge in [-0.15, -0.1) is 0 Å². The van der Waals surface area contributed by atoms with Crippen molar-refractivity contribution in [1.82, 2.24) is 4.98 Å². The fourth-order valence-corrected chi connectivity index (χ4v) is 3.27. The third kappa shape index (κ3) is 1.71. The molecule has 0 radical (unpaired) electrons. The number of fused-ring (bicyclic) bond motifs is 2. The summed E-state index contributed by atoms with van der Waals surface area (Å²) >= 11 is 6.08. The summed E-state index contributed by atoms with van der Waals surface area (Å²) in [6.45, 7) is 0. The van der Waals surface area contributed by atoms with Crippen molar-refractivity contribution in [1.29, 1.82) is 0 Å². The monoisotopic (exact) mass is 222 g/mol. The Morgan fingerprint density at radius 1 is 1.33 bits per heavy atom. The second kappa shape index (κ2) is 3.67.